The highest BCUT2D eigenvalue weighted by molar-refractivity contribution is 8.00. The van der Waals surface area contributed by atoms with Crippen LogP contribution in [-0.4, -0.2) is 24.7 Å². The van der Waals surface area contributed by atoms with Crippen LogP contribution in [0, 0.1) is 6.92 Å². The van der Waals surface area contributed by atoms with Crippen molar-refractivity contribution in [3.63, 3.8) is 0 Å². The summed E-state index contributed by atoms with van der Waals surface area (Å²) in [6, 6.07) is 6.43. The molecule has 0 radical (unpaired) electrons. The van der Waals surface area contributed by atoms with Crippen molar-refractivity contribution in [2.24, 2.45) is 0 Å². The molecule has 0 heterocycles. The number of benzene rings is 1. The number of ether oxygens (including phenoxy) is 1. The van der Waals surface area contributed by atoms with E-state index in [0.29, 0.717) is 4.75 Å². The van der Waals surface area contributed by atoms with E-state index >= 15 is 0 Å². The van der Waals surface area contributed by atoms with Crippen LogP contribution in [0.4, 0.5) is 0 Å². The van der Waals surface area contributed by atoms with E-state index in [9.17, 15) is 0 Å². The zero-order valence-corrected chi connectivity index (χ0v) is 13.1. The summed E-state index contributed by atoms with van der Waals surface area (Å²) in [5.41, 5.74) is 2.55. The first-order chi connectivity index (χ1) is 9.19. The molecule has 19 heavy (non-hydrogen) atoms. The van der Waals surface area contributed by atoms with Crippen molar-refractivity contribution in [2.45, 2.75) is 43.9 Å². The van der Waals surface area contributed by atoms with Gasteiger partial charge in [-0.1, -0.05) is 25.0 Å². The molecule has 1 fully saturated rings. The molecule has 0 unspecified atom stereocenters. The monoisotopic (exact) mass is 279 g/mol. The highest BCUT2D eigenvalue weighted by Crippen LogP contribution is 2.39. The Morgan fingerprint density at radius 3 is 2.63 bits per heavy atom. The normalized spacial score (nSPS) is 17.6. The Morgan fingerprint density at radius 1 is 1.32 bits per heavy atom. The third kappa shape index (κ3) is 3.67. The van der Waals surface area contributed by atoms with Crippen LogP contribution in [-0.2, 0) is 6.54 Å². The Bertz CT molecular complexity index is 413. The zero-order chi connectivity index (χ0) is 13.7. The van der Waals surface area contributed by atoms with Crippen molar-refractivity contribution < 1.29 is 4.74 Å². The van der Waals surface area contributed by atoms with Crippen molar-refractivity contribution >= 4 is 11.8 Å². The second-order valence-electron chi connectivity index (χ2n) is 5.50. The number of hydrogen-bond donors (Lipinski definition) is 1. The summed E-state index contributed by atoms with van der Waals surface area (Å²) in [6.07, 6.45) is 7.77. The second kappa shape index (κ2) is 6.67. The Morgan fingerprint density at radius 2 is 2.05 bits per heavy atom. The minimum absolute atomic E-state index is 0.488. The van der Waals surface area contributed by atoms with Gasteiger partial charge in [-0.05, 0) is 43.2 Å². The van der Waals surface area contributed by atoms with Crippen LogP contribution in [0.15, 0.2) is 18.2 Å². The van der Waals surface area contributed by atoms with Gasteiger partial charge in [-0.15, -0.1) is 0 Å². The first kappa shape index (κ1) is 14.7. The number of aryl methyl sites for hydroxylation is 1. The molecule has 0 amide bonds. The first-order valence-electron chi connectivity index (χ1n) is 7.08. The first-order valence-corrected chi connectivity index (χ1v) is 8.31. The minimum atomic E-state index is 0.488. The summed E-state index contributed by atoms with van der Waals surface area (Å²) in [6.45, 7) is 4.18. The predicted octanol–water partition coefficient (Wildman–Crippen LogP) is 3.77. The van der Waals surface area contributed by atoms with Crippen LogP contribution < -0.4 is 10.1 Å². The van der Waals surface area contributed by atoms with E-state index in [0.717, 1.165) is 18.8 Å². The SMILES string of the molecule is COc1ccc(CNCC2(SC)CCCC2)cc1C. The van der Waals surface area contributed by atoms with Crippen molar-refractivity contribution in [3.05, 3.63) is 29.3 Å². The maximum absolute atomic E-state index is 5.30. The van der Waals surface area contributed by atoms with Crippen molar-refractivity contribution in [3.8, 4) is 5.75 Å². The van der Waals surface area contributed by atoms with Gasteiger partial charge in [-0.25, -0.2) is 0 Å². The summed E-state index contributed by atoms with van der Waals surface area (Å²) in [5.74, 6) is 0.972. The zero-order valence-electron chi connectivity index (χ0n) is 12.3. The lowest BCUT2D eigenvalue weighted by atomic mass is 10.1. The molecule has 1 aliphatic rings. The predicted molar refractivity (Wildman–Crippen MR) is 84.2 cm³/mol. The summed E-state index contributed by atoms with van der Waals surface area (Å²) >= 11 is 2.04. The standard InChI is InChI=1S/C16H25NOS/c1-13-10-14(6-7-15(13)18-2)11-17-12-16(19-3)8-4-5-9-16/h6-7,10,17H,4-5,8-9,11-12H2,1-3H3. The fourth-order valence-electron chi connectivity index (χ4n) is 2.96. The molecule has 106 valence electrons. The number of hydrogen-bond acceptors (Lipinski definition) is 3. The molecule has 0 saturated heterocycles. The maximum atomic E-state index is 5.30. The van der Waals surface area contributed by atoms with Gasteiger partial charge in [0.1, 0.15) is 5.75 Å². The molecule has 2 nitrogen and oxygen atoms in total. The van der Waals surface area contributed by atoms with Gasteiger partial charge in [-0.2, -0.15) is 11.8 Å². The number of nitrogens with one attached hydrogen (secondary N) is 1. The third-order valence-corrected chi connectivity index (χ3v) is 5.60. The molecule has 2 rings (SSSR count). The minimum Gasteiger partial charge on any atom is -0.496 e. The second-order valence-corrected chi connectivity index (χ2v) is 6.78. The Labute approximate surface area is 121 Å². The molecular weight excluding hydrogens is 254 g/mol. The molecule has 3 heteroatoms. The van der Waals surface area contributed by atoms with Crippen LogP contribution in [0.5, 0.6) is 5.75 Å². The Hall–Kier alpha value is -0.670. The van der Waals surface area contributed by atoms with Crippen molar-refractivity contribution in [1.29, 1.82) is 0 Å². The fourth-order valence-corrected chi connectivity index (χ4v) is 3.90. The summed E-state index contributed by atoms with van der Waals surface area (Å²) in [7, 11) is 1.72. The molecule has 0 aliphatic heterocycles. The molecule has 0 atom stereocenters. The van der Waals surface area contributed by atoms with Gasteiger partial charge in [0.2, 0.25) is 0 Å². The van der Waals surface area contributed by atoms with Crippen LogP contribution in [0.3, 0.4) is 0 Å². The number of rotatable bonds is 6. The molecule has 0 spiro atoms. The van der Waals surface area contributed by atoms with Gasteiger partial charge in [-0.3, -0.25) is 0 Å². The highest BCUT2D eigenvalue weighted by Gasteiger charge is 2.32. The lowest BCUT2D eigenvalue weighted by Gasteiger charge is -2.27. The molecule has 1 saturated carbocycles. The molecule has 1 N–H and O–H groups in total. The molecule has 0 bridgehead atoms. The molecular formula is C16H25NOS. The van der Waals surface area contributed by atoms with E-state index in [1.807, 2.05) is 11.8 Å². The largest absolute Gasteiger partial charge is 0.496 e. The van der Waals surface area contributed by atoms with E-state index in [1.165, 1.54) is 36.8 Å². The van der Waals surface area contributed by atoms with Crippen LogP contribution in [0.1, 0.15) is 36.8 Å². The van der Waals surface area contributed by atoms with Crippen LogP contribution in [0.2, 0.25) is 0 Å². The van der Waals surface area contributed by atoms with E-state index in [4.69, 9.17) is 4.74 Å². The van der Waals surface area contributed by atoms with E-state index in [1.54, 1.807) is 7.11 Å². The lowest BCUT2D eigenvalue weighted by molar-refractivity contribution is 0.411. The summed E-state index contributed by atoms with van der Waals surface area (Å²) < 4.78 is 5.78. The van der Waals surface area contributed by atoms with Crippen molar-refractivity contribution in [1.82, 2.24) is 5.32 Å². The molecule has 1 aliphatic carbocycles. The average Bonchev–Trinajstić information content (AvgIpc) is 2.88. The van der Waals surface area contributed by atoms with E-state index in [2.05, 4.69) is 36.7 Å². The van der Waals surface area contributed by atoms with Gasteiger partial charge < -0.3 is 10.1 Å². The summed E-state index contributed by atoms with van der Waals surface area (Å²) in [5, 5.41) is 3.64. The highest BCUT2D eigenvalue weighted by atomic mass is 32.2. The average molecular weight is 279 g/mol. The van der Waals surface area contributed by atoms with Crippen LogP contribution >= 0.6 is 11.8 Å². The van der Waals surface area contributed by atoms with Crippen LogP contribution in [0.25, 0.3) is 0 Å². The number of methoxy groups -OCH3 is 1. The van der Waals surface area contributed by atoms with E-state index < -0.39 is 0 Å². The lowest BCUT2D eigenvalue weighted by Crippen LogP contribution is -2.34. The van der Waals surface area contributed by atoms with Crippen molar-refractivity contribution in [2.75, 3.05) is 19.9 Å². The van der Waals surface area contributed by atoms with Gasteiger partial charge >= 0.3 is 0 Å². The number of thioether (sulfide) groups is 1. The van der Waals surface area contributed by atoms with E-state index in [-0.39, 0.29) is 0 Å². The van der Waals surface area contributed by atoms with Gasteiger partial charge in [0.25, 0.3) is 0 Å². The smallest absolute Gasteiger partial charge is 0.121 e. The van der Waals surface area contributed by atoms with Gasteiger partial charge in [0.05, 0.1) is 7.11 Å². The van der Waals surface area contributed by atoms with Gasteiger partial charge in [0, 0.05) is 17.8 Å². The topological polar surface area (TPSA) is 21.3 Å². The molecule has 1 aromatic rings. The van der Waals surface area contributed by atoms with Gasteiger partial charge in [0.15, 0.2) is 0 Å². The summed E-state index contributed by atoms with van der Waals surface area (Å²) in [4.78, 5) is 0. The third-order valence-electron chi connectivity index (χ3n) is 4.18. The quantitative estimate of drug-likeness (QED) is 0.856. The fraction of sp³-hybridized carbons (Fsp3) is 0.625. The maximum Gasteiger partial charge on any atom is 0.121 e. The molecule has 0 aromatic heterocycles. The Balaban J connectivity index is 1.87. The molecule has 1 aromatic carbocycles. The Kier molecular flexibility index (Phi) is 5.17.